The number of ether oxygens (including phenoxy) is 3. The minimum absolute atomic E-state index is 0.313. The Morgan fingerprint density at radius 2 is 2.06 bits per heavy atom. The molecule has 1 N–H and O–H groups in total. The zero-order chi connectivity index (χ0) is 12.1. The molecule has 1 aromatic rings. The van der Waals surface area contributed by atoms with Gasteiger partial charge in [-0.25, -0.2) is 0 Å². The Morgan fingerprint density at radius 3 is 2.82 bits per heavy atom. The number of hydrogen-bond donors (Lipinski definition) is 1. The normalized spacial score (nSPS) is 15.6. The second-order valence-corrected chi connectivity index (χ2v) is 3.99. The minimum atomic E-state index is -0.614. The molecule has 2 rings (SSSR count). The SMILES string of the molecule is CCCOCC(O)c1ccc2c(c1)OCCO2. The molecule has 4 nitrogen and oxygen atoms in total. The second-order valence-electron chi connectivity index (χ2n) is 3.99. The van der Waals surface area contributed by atoms with Gasteiger partial charge in [-0.3, -0.25) is 0 Å². The van der Waals surface area contributed by atoms with Crippen LogP contribution in [0.15, 0.2) is 18.2 Å². The van der Waals surface area contributed by atoms with Crippen molar-refractivity contribution < 1.29 is 19.3 Å². The van der Waals surface area contributed by atoms with Crippen LogP contribution in [0.25, 0.3) is 0 Å². The average molecular weight is 238 g/mol. The van der Waals surface area contributed by atoms with Crippen molar-refractivity contribution in [3.8, 4) is 11.5 Å². The van der Waals surface area contributed by atoms with Gasteiger partial charge in [-0.15, -0.1) is 0 Å². The molecule has 0 bridgehead atoms. The Hall–Kier alpha value is -1.26. The van der Waals surface area contributed by atoms with E-state index in [4.69, 9.17) is 14.2 Å². The molecule has 4 heteroatoms. The monoisotopic (exact) mass is 238 g/mol. The first-order chi connectivity index (χ1) is 8.31. The van der Waals surface area contributed by atoms with Crippen LogP contribution in [0.3, 0.4) is 0 Å². The van der Waals surface area contributed by atoms with Crippen molar-refractivity contribution in [3.05, 3.63) is 23.8 Å². The molecule has 0 aliphatic carbocycles. The minimum Gasteiger partial charge on any atom is -0.486 e. The Morgan fingerprint density at radius 1 is 1.29 bits per heavy atom. The Balaban J connectivity index is 2.00. The van der Waals surface area contributed by atoms with Crippen molar-refractivity contribution in [2.75, 3.05) is 26.4 Å². The van der Waals surface area contributed by atoms with Crippen molar-refractivity contribution in [1.29, 1.82) is 0 Å². The van der Waals surface area contributed by atoms with E-state index in [2.05, 4.69) is 0 Å². The van der Waals surface area contributed by atoms with Gasteiger partial charge < -0.3 is 19.3 Å². The molecule has 0 radical (unpaired) electrons. The quantitative estimate of drug-likeness (QED) is 0.796. The molecule has 1 heterocycles. The van der Waals surface area contributed by atoms with Crippen LogP contribution in [0.2, 0.25) is 0 Å². The molecule has 0 spiro atoms. The highest BCUT2D eigenvalue weighted by atomic mass is 16.6. The van der Waals surface area contributed by atoms with E-state index >= 15 is 0 Å². The van der Waals surface area contributed by atoms with Gasteiger partial charge in [-0.2, -0.15) is 0 Å². The van der Waals surface area contributed by atoms with Gasteiger partial charge in [0.1, 0.15) is 19.3 Å². The molecular weight excluding hydrogens is 220 g/mol. The van der Waals surface area contributed by atoms with Crippen LogP contribution in [-0.4, -0.2) is 31.5 Å². The van der Waals surface area contributed by atoms with Crippen LogP contribution in [0.5, 0.6) is 11.5 Å². The number of aliphatic hydroxyl groups is 1. The molecule has 0 amide bonds. The Bertz CT molecular complexity index is 364. The van der Waals surface area contributed by atoms with Gasteiger partial charge in [0.2, 0.25) is 0 Å². The maximum Gasteiger partial charge on any atom is 0.161 e. The maximum atomic E-state index is 9.93. The van der Waals surface area contributed by atoms with Gasteiger partial charge in [-0.05, 0) is 24.1 Å². The van der Waals surface area contributed by atoms with Crippen LogP contribution in [-0.2, 0) is 4.74 Å². The molecule has 0 fully saturated rings. The zero-order valence-electron chi connectivity index (χ0n) is 10.0. The highest BCUT2D eigenvalue weighted by molar-refractivity contribution is 5.44. The third-order valence-electron chi connectivity index (χ3n) is 2.58. The molecular formula is C13H18O4. The molecule has 17 heavy (non-hydrogen) atoms. The van der Waals surface area contributed by atoms with Crippen LogP contribution in [0.4, 0.5) is 0 Å². The van der Waals surface area contributed by atoms with Crippen LogP contribution in [0.1, 0.15) is 25.0 Å². The molecule has 0 aromatic heterocycles. The highest BCUT2D eigenvalue weighted by Crippen LogP contribution is 2.32. The van der Waals surface area contributed by atoms with Crippen molar-refractivity contribution in [1.82, 2.24) is 0 Å². The van der Waals surface area contributed by atoms with Gasteiger partial charge in [0, 0.05) is 6.61 Å². The summed E-state index contributed by atoms with van der Waals surface area (Å²) in [6.07, 6.45) is 0.339. The highest BCUT2D eigenvalue weighted by Gasteiger charge is 2.15. The standard InChI is InChI=1S/C13H18O4/c1-2-5-15-9-11(14)10-3-4-12-13(8-10)17-7-6-16-12/h3-4,8,11,14H,2,5-7,9H2,1H3. The van der Waals surface area contributed by atoms with E-state index in [-0.39, 0.29) is 0 Å². The number of hydrogen-bond acceptors (Lipinski definition) is 4. The van der Waals surface area contributed by atoms with Gasteiger partial charge in [-0.1, -0.05) is 13.0 Å². The van der Waals surface area contributed by atoms with E-state index in [1.54, 1.807) is 0 Å². The molecule has 1 aliphatic heterocycles. The number of rotatable bonds is 5. The lowest BCUT2D eigenvalue weighted by Crippen LogP contribution is -2.16. The van der Waals surface area contributed by atoms with Crippen molar-refractivity contribution in [2.24, 2.45) is 0 Å². The number of fused-ring (bicyclic) bond motifs is 1. The van der Waals surface area contributed by atoms with Crippen LogP contribution < -0.4 is 9.47 Å². The van der Waals surface area contributed by atoms with E-state index in [9.17, 15) is 5.11 Å². The summed E-state index contributed by atoms with van der Waals surface area (Å²) in [6, 6.07) is 5.48. The summed E-state index contributed by atoms with van der Waals surface area (Å²) in [5, 5.41) is 9.93. The first-order valence-electron chi connectivity index (χ1n) is 5.96. The fourth-order valence-electron chi connectivity index (χ4n) is 1.70. The first-order valence-corrected chi connectivity index (χ1v) is 5.96. The van der Waals surface area contributed by atoms with Gasteiger partial charge >= 0.3 is 0 Å². The Kier molecular flexibility index (Phi) is 4.23. The summed E-state index contributed by atoms with van der Waals surface area (Å²) in [4.78, 5) is 0. The predicted molar refractivity (Wildman–Crippen MR) is 63.5 cm³/mol. The lowest BCUT2D eigenvalue weighted by atomic mass is 10.1. The van der Waals surface area contributed by atoms with Gasteiger partial charge in [0.05, 0.1) is 6.61 Å². The van der Waals surface area contributed by atoms with E-state index in [1.807, 2.05) is 25.1 Å². The topological polar surface area (TPSA) is 47.9 Å². The average Bonchev–Trinajstić information content (AvgIpc) is 2.38. The third kappa shape index (κ3) is 3.11. The van der Waals surface area contributed by atoms with E-state index < -0.39 is 6.10 Å². The molecule has 1 unspecified atom stereocenters. The summed E-state index contributed by atoms with van der Waals surface area (Å²) in [5.41, 5.74) is 0.797. The van der Waals surface area contributed by atoms with Crippen LogP contribution in [0, 0.1) is 0 Å². The summed E-state index contributed by atoms with van der Waals surface area (Å²) in [7, 11) is 0. The number of aliphatic hydroxyl groups excluding tert-OH is 1. The lowest BCUT2D eigenvalue weighted by Gasteiger charge is -2.20. The molecule has 1 atom stereocenters. The fourth-order valence-corrected chi connectivity index (χ4v) is 1.70. The lowest BCUT2D eigenvalue weighted by molar-refractivity contribution is 0.0361. The summed E-state index contributed by atoms with van der Waals surface area (Å²) < 4.78 is 16.2. The summed E-state index contributed by atoms with van der Waals surface area (Å²) in [5.74, 6) is 1.44. The van der Waals surface area contributed by atoms with Crippen molar-refractivity contribution >= 4 is 0 Å². The largest absolute Gasteiger partial charge is 0.486 e. The first kappa shape index (κ1) is 12.2. The van der Waals surface area contributed by atoms with Crippen LogP contribution >= 0.6 is 0 Å². The zero-order valence-corrected chi connectivity index (χ0v) is 10.0. The molecule has 1 aromatic carbocycles. The van der Waals surface area contributed by atoms with Crippen molar-refractivity contribution in [3.63, 3.8) is 0 Å². The smallest absolute Gasteiger partial charge is 0.161 e. The Labute approximate surface area is 101 Å². The van der Waals surface area contributed by atoms with E-state index in [0.717, 1.165) is 17.7 Å². The predicted octanol–water partition coefficient (Wildman–Crippen LogP) is 1.92. The van der Waals surface area contributed by atoms with Gasteiger partial charge in [0.15, 0.2) is 11.5 Å². The fraction of sp³-hybridized carbons (Fsp3) is 0.538. The van der Waals surface area contributed by atoms with Gasteiger partial charge in [0.25, 0.3) is 0 Å². The second kappa shape index (κ2) is 5.89. The summed E-state index contributed by atoms with van der Waals surface area (Å²) in [6.45, 7) is 4.15. The van der Waals surface area contributed by atoms with Crippen molar-refractivity contribution in [2.45, 2.75) is 19.4 Å². The molecule has 94 valence electrons. The van der Waals surface area contributed by atoms with E-state index in [1.165, 1.54) is 0 Å². The third-order valence-corrected chi connectivity index (χ3v) is 2.58. The molecule has 1 aliphatic rings. The molecule has 0 saturated carbocycles. The maximum absolute atomic E-state index is 9.93. The summed E-state index contributed by atoms with van der Waals surface area (Å²) >= 11 is 0. The van der Waals surface area contributed by atoms with E-state index in [0.29, 0.717) is 32.2 Å². The molecule has 0 saturated heterocycles. The number of benzene rings is 1.